The van der Waals surface area contributed by atoms with E-state index in [4.69, 9.17) is 9.47 Å². The fraction of sp³-hybridized carbons (Fsp3) is 0.259. The van der Waals surface area contributed by atoms with Crippen LogP contribution in [0.4, 0.5) is 5.69 Å². The molecule has 1 aromatic heterocycles. The molecule has 0 spiro atoms. The summed E-state index contributed by atoms with van der Waals surface area (Å²) in [6.45, 7) is 0.0782. The number of nitrogens with zero attached hydrogens (tertiary/aromatic N) is 2. The summed E-state index contributed by atoms with van der Waals surface area (Å²) in [5.41, 5.74) is 2.67. The van der Waals surface area contributed by atoms with E-state index in [0.717, 1.165) is 18.4 Å². The smallest absolute Gasteiger partial charge is 0.255 e. The molecule has 5 rings (SSSR count). The van der Waals surface area contributed by atoms with Crippen molar-refractivity contribution < 1.29 is 23.9 Å². The van der Waals surface area contributed by atoms with Gasteiger partial charge in [-0.05, 0) is 54.3 Å². The molecule has 3 amide bonds. The van der Waals surface area contributed by atoms with E-state index >= 15 is 0 Å². The van der Waals surface area contributed by atoms with E-state index in [1.807, 2.05) is 18.2 Å². The van der Waals surface area contributed by atoms with Gasteiger partial charge in [0, 0.05) is 35.8 Å². The van der Waals surface area contributed by atoms with Crippen LogP contribution >= 0.6 is 0 Å². The molecular formula is C27H26N4O5. The molecule has 1 unspecified atom stereocenters. The quantitative estimate of drug-likeness (QED) is 0.481. The van der Waals surface area contributed by atoms with Gasteiger partial charge in [-0.15, -0.1) is 0 Å². The molecule has 1 aliphatic heterocycles. The van der Waals surface area contributed by atoms with Crippen LogP contribution in [0.25, 0.3) is 0 Å². The normalized spacial score (nSPS) is 16.3. The molecule has 1 atom stereocenters. The molecule has 0 radical (unpaired) electrons. The van der Waals surface area contributed by atoms with Gasteiger partial charge in [-0.1, -0.05) is 18.2 Å². The van der Waals surface area contributed by atoms with E-state index in [2.05, 4.69) is 15.6 Å². The summed E-state index contributed by atoms with van der Waals surface area (Å²) >= 11 is 0. The van der Waals surface area contributed by atoms with Crippen molar-refractivity contribution in [2.45, 2.75) is 31.5 Å². The Kier molecular flexibility index (Phi) is 6.53. The van der Waals surface area contributed by atoms with Crippen molar-refractivity contribution in [3.8, 4) is 11.5 Å². The molecule has 36 heavy (non-hydrogen) atoms. The van der Waals surface area contributed by atoms with Gasteiger partial charge in [-0.2, -0.15) is 0 Å². The van der Waals surface area contributed by atoms with Crippen molar-refractivity contribution in [3.05, 3.63) is 83.7 Å². The molecule has 2 aliphatic rings. The Morgan fingerprint density at radius 2 is 1.83 bits per heavy atom. The predicted octanol–water partition coefficient (Wildman–Crippen LogP) is 3.08. The van der Waals surface area contributed by atoms with Gasteiger partial charge >= 0.3 is 0 Å². The molecule has 9 heteroatoms. The number of anilines is 1. The Hall–Kier alpha value is -4.40. The van der Waals surface area contributed by atoms with Crippen LogP contribution < -0.4 is 20.1 Å². The lowest BCUT2D eigenvalue weighted by Gasteiger charge is -2.24. The number of ether oxygens (including phenoxy) is 2. The zero-order valence-electron chi connectivity index (χ0n) is 19.8. The molecule has 184 valence electrons. The molecular weight excluding hydrogens is 460 g/mol. The second kappa shape index (κ2) is 10.1. The van der Waals surface area contributed by atoms with Crippen LogP contribution in [0.3, 0.4) is 0 Å². The highest BCUT2D eigenvalue weighted by molar-refractivity contribution is 6.05. The Morgan fingerprint density at radius 1 is 1.06 bits per heavy atom. The number of carbonyl (C=O) groups excluding carboxylic acids is 3. The number of carbonyl (C=O) groups is 3. The van der Waals surface area contributed by atoms with Gasteiger partial charge in [0.1, 0.15) is 12.6 Å². The third kappa shape index (κ3) is 4.86. The van der Waals surface area contributed by atoms with Gasteiger partial charge in [0.2, 0.25) is 11.8 Å². The molecule has 3 aromatic rings. The van der Waals surface area contributed by atoms with Gasteiger partial charge in [0.05, 0.1) is 13.7 Å². The lowest BCUT2D eigenvalue weighted by molar-refractivity contribution is -0.127. The molecule has 1 aliphatic carbocycles. The number of hydrogen-bond acceptors (Lipinski definition) is 6. The molecule has 1 saturated carbocycles. The highest BCUT2D eigenvalue weighted by Crippen LogP contribution is 2.41. The monoisotopic (exact) mass is 486 g/mol. The van der Waals surface area contributed by atoms with Crippen LogP contribution in [0.2, 0.25) is 0 Å². The molecule has 0 bridgehead atoms. The topological polar surface area (TPSA) is 110 Å². The zero-order chi connectivity index (χ0) is 25.1. The minimum atomic E-state index is -0.719. The molecule has 0 saturated heterocycles. The van der Waals surface area contributed by atoms with Gasteiger partial charge in [-0.3, -0.25) is 19.4 Å². The summed E-state index contributed by atoms with van der Waals surface area (Å²) in [5, 5.41) is 5.47. The summed E-state index contributed by atoms with van der Waals surface area (Å²) < 4.78 is 11.2. The Labute approximate surface area is 208 Å². The maximum absolute atomic E-state index is 13.1. The fourth-order valence-corrected chi connectivity index (χ4v) is 4.31. The lowest BCUT2D eigenvalue weighted by atomic mass is 10.0. The number of aromatic nitrogens is 1. The maximum atomic E-state index is 13.1. The zero-order valence-corrected chi connectivity index (χ0v) is 19.8. The van der Waals surface area contributed by atoms with Crippen LogP contribution in [0.5, 0.6) is 11.5 Å². The van der Waals surface area contributed by atoms with Crippen molar-refractivity contribution in [2.24, 2.45) is 0 Å². The largest absolute Gasteiger partial charge is 0.493 e. The van der Waals surface area contributed by atoms with Gasteiger partial charge in [0.25, 0.3) is 5.91 Å². The molecule has 2 aromatic carbocycles. The number of amides is 3. The number of methoxy groups -OCH3 is 1. The minimum Gasteiger partial charge on any atom is -0.493 e. The van der Waals surface area contributed by atoms with Gasteiger partial charge in [-0.25, -0.2) is 0 Å². The van der Waals surface area contributed by atoms with E-state index in [0.29, 0.717) is 34.9 Å². The second-order valence-electron chi connectivity index (χ2n) is 8.71. The van der Waals surface area contributed by atoms with Crippen molar-refractivity contribution >= 4 is 23.4 Å². The summed E-state index contributed by atoms with van der Waals surface area (Å²) in [5.74, 6) is 0.100. The van der Waals surface area contributed by atoms with Crippen molar-refractivity contribution in [1.29, 1.82) is 0 Å². The summed E-state index contributed by atoms with van der Waals surface area (Å²) in [7, 11) is 1.54. The average Bonchev–Trinajstić information content (AvgIpc) is 3.70. The molecule has 1 fully saturated rings. The summed E-state index contributed by atoms with van der Waals surface area (Å²) in [6, 6.07) is 15.2. The number of pyridine rings is 1. The van der Waals surface area contributed by atoms with Crippen LogP contribution in [0.1, 0.15) is 40.4 Å². The number of fused-ring (bicyclic) bond motifs is 1. The molecule has 2 heterocycles. The Balaban J connectivity index is 1.21. The van der Waals surface area contributed by atoms with E-state index < -0.39 is 11.9 Å². The second-order valence-corrected chi connectivity index (χ2v) is 8.71. The van der Waals surface area contributed by atoms with E-state index in [9.17, 15) is 14.4 Å². The van der Waals surface area contributed by atoms with Gasteiger partial charge in [0.15, 0.2) is 11.5 Å². The van der Waals surface area contributed by atoms with Crippen LogP contribution in [0, 0.1) is 0 Å². The Bertz CT molecular complexity index is 1290. The summed E-state index contributed by atoms with van der Waals surface area (Å²) in [4.78, 5) is 44.2. The first-order chi connectivity index (χ1) is 17.5. The third-order valence-electron chi connectivity index (χ3n) is 6.20. The Morgan fingerprint density at radius 3 is 2.58 bits per heavy atom. The van der Waals surface area contributed by atoms with E-state index in [-0.39, 0.29) is 24.4 Å². The highest BCUT2D eigenvalue weighted by atomic mass is 16.5. The molecule has 9 nitrogen and oxygen atoms in total. The van der Waals surface area contributed by atoms with Crippen molar-refractivity contribution in [3.63, 3.8) is 0 Å². The van der Waals surface area contributed by atoms with Crippen LogP contribution in [-0.4, -0.2) is 47.3 Å². The SMILES string of the molecule is COc1ccc(NC(=O)CNC(=O)C2c3ccccc3C(=O)N2C2CC2)cc1OCc1ccncc1. The highest BCUT2D eigenvalue weighted by Gasteiger charge is 2.47. The fourth-order valence-electron chi connectivity index (χ4n) is 4.31. The first-order valence-corrected chi connectivity index (χ1v) is 11.7. The van der Waals surface area contributed by atoms with E-state index in [1.165, 1.54) is 0 Å². The first kappa shape index (κ1) is 23.3. The first-order valence-electron chi connectivity index (χ1n) is 11.7. The number of rotatable bonds is 9. The number of benzene rings is 2. The van der Waals surface area contributed by atoms with Crippen LogP contribution in [0.15, 0.2) is 67.0 Å². The van der Waals surface area contributed by atoms with Crippen LogP contribution in [-0.2, 0) is 16.2 Å². The predicted molar refractivity (Wildman–Crippen MR) is 132 cm³/mol. The lowest BCUT2D eigenvalue weighted by Crippen LogP contribution is -2.42. The number of hydrogen-bond donors (Lipinski definition) is 2. The summed E-state index contributed by atoms with van der Waals surface area (Å²) in [6.07, 6.45) is 5.13. The maximum Gasteiger partial charge on any atom is 0.255 e. The van der Waals surface area contributed by atoms with Gasteiger partial charge < -0.3 is 25.0 Å². The standard InChI is InChI=1S/C27H26N4O5/c1-35-22-9-6-18(14-23(22)36-16-17-10-12-28-13-11-17)30-24(32)15-29-26(33)25-20-4-2-3-5-21(20)27(34)31(25)19-7-8-19/h2-6,9-14,19,25H,7-8,15-16H2,1H3,(H,29,33)(H,30,32). The number of nitrogens with one attached hydrogen (secondary N) is 2. The molecule has 2 N–H and O–H groups in total. The minimum absolute atomic E-state index is 0.0688. The third-order valence-corrected chi connectivity index (χ3v) is 6.20. The average molecular weight is 487 g/mol. The van der Waals surface area contributed by atoms with E-state index in [1.54, 1.807) is 60.8 Å². The van der Waals surface area contributed by atoms with Crippen molar-refractivity contribution in [1.82, 2.24) is 15.2 Å². The van der Waals surface area contributed by atoms with Crippen molar-refractivity contribution in [2.75, 3.05) is 19.0 Å².